The van der Waals surface area contributed by atoms with E-state index in [-0.39, 0.29) is 18.9 Å². The van der Waals surface area contributed by atoms with E-state index in [1.54, 1.807) is 6.92 Å². The summed E-state index contributed by atoms with van der Waals surface area (Å²) in [6.45, 7) is 6.94. The van der Waals surface area contributed by atoms with Crippen molar-refractivity contribution in [2.24, 2.45) is 0 Å². The molecule has 0 aliphatic heterocycles. The van der Waals surface area contributed by atoms with Gasteiger partial charge in [0.1, 0.15) is 6.04 Å². The van der Waals surface area contributed by atoms with Gasteiger partial charge in [-0.2, -0.15) is 5.26 Å². The minimum absolute atomic E-state index is 0.219. The smallest absolute Gasteiger partial charge is 0.328 e. The van der Waals surface area contributed by atoms with Crippen molar-refractivity contribution in [1.82, 2.24) is 5.32 Å². The maximum atomic E-state index is 11.5. The second-order valence-corrected chi connectivity index (χ2v) is 3.33. The van der Waals surface area contributed by atoms with E-state index in [0.29, 0.717) is 5.57 Å². The molecule has 0 bridgehead atoms. The molecule has 1 N–H and O–H groups in total. The molecule has 0 aliphatic rings. The maximum Gasteiger partial charge on any atom is 0.328 e. The minimum Gasteiger partial charge on any atom is -0.464 e. The third-order valence-corrected chi connectivity index (χ3v) is 1.81. The minimum atomic E-state index is -0.761. The first kappa shape index (κ1) is 14.9. The van der Waals surface area contributed by atoms with E-state index in [2.05, 4.69) is 11.9 Å². The molecule has 0 aromatic carbocycles. The summed E-state index contributed by atoms with van der Waals surface area (Å²) >= 11 is 0. The molecule has 0 fully saturated rings. The molecule has 0 radical (unpaired) electrons. The normalized spacial score (nSPS) is 11.6. The van der Waals surface area contributed by atoms with Gasteiger partial charge in [-0.25, -0.2) is 4.79 Å². The lowest BCUT2D eigenvalue weighted by Gasteiger charge is -2.16. The van der Waals surface area contributed by atoms with Gasteiger partial charge >= 0.3 is 5.97 Å². The quantitative estimate of drug-likeness (QED) is 0.425. The van der Waals surface area contributed by atoms with Crippen LogP contribution in [0.5, 0.6) is 0 Å². The fraction of sp³-hybridized carbons (Fsp3) is 0.417. The van der Waals surface area contributed by atoms with Crippen molar-refractivity contribution in [2.75, 3.05) is 6.61 Å². The number of nitrogens with zero attached hydrogens (tertiary/aromatic N) is 1. The van der Waals surface area contributed by atoms with Crippen LogP contribution in [-0.2, 0) is 14.3 Å². The number of carbonyl (C=O) groups is 2. The monoisotopic (exact) mass is 236 g/mol. The lowest BCUT2D eigenvalue weighted by molar-refractivity contribution is -0.147. The molecule has 17 heavy (non-hydrogen) atoms. The molecular formula is C12H16N2O3. The Morgan fingerprint density at radius 3 is 2.71 bits per heavy atom. The Morgan fingerprint density at radius 2 is 2.24 bits per heavy atom. The van der Waals surface area contributed by atoms with Gasteiger partial charge in [0, 0.05) is 19.4 Å². The highest BCUT2D eigenvalue weighted by Gasteiger charge is 2.20. The van der Waals surface area contributed by atoms with Gasteiger partial charge in [0.2, 0.25) is 5.91 Å². The van der Waals surface area contributed by atoms with Gasteiger partial charge in [-0.05, 0) is 13.0 Å². The van der Waals surface area contributed by atoms with Crippen LogP contribution in [0.4, 0.5) is 0 Å². The van der Waals surface area contributed by atoms with E-state index in [4.69, 9.17) is 10.00 Å². The molecule has 0 saturated heterocycles. The van der Waals surface area contributed by atoms with Crippen LogP contribution in [0, 0.1) is 11.3 Å². The Hall–Kier alpha value is -2.09. The van der Waals surface area contributed by atoms with Crippen molar-refractivity contribution in [3.8, 4) is 6.07 Å². The van der Waals surface area contributed by atoms with Gasteiger partial charge in [0.15, 0.2) is 0 Å². The summed E-state index contributed by atoms with van der Waals surface area (Å²) in [5.41, 5.74) is 0.568. The number of rotatable bonds is 6. The van der Waals surface area contributed by atoms with Crippen molar-refractivity contribution in [3.63, 3.8) is 0 Å². The molecule has 0 spiro atoms. The second kappa shape index (κ2) is 8.11. The average Bonchev–Trinajstić information content (AvgIpc) is 2.25. The Morgan fingerprint density at radius 1 is 1.59 bits per heavy atom. The predicted molar refractivity (Wildman–Crippen MR) is 62.7 cm³/mol. The molecule has 0 heterocycles. The van der Waals surface area contributed by atoms with Crippen LogP contribution in [0.15, 0.2) is 24.3 Å². The lowest BCUT2D eigenvalue weighted by atomic mass is 10.1. The molecule has 0 rings (SSSR count). The molecule has 92 valence electrons. The molecule has 5 heteroatoms. The fourth-order valence-corrected chi connectivity index (χ4v) is 1.17. The van der Waals surface area contributed by atoms with Gasteiger partial charge < -0.3 is 10.1 Å². The van der Waals surface area contributed by atoms with E-state index in [0.717, 1.165) is 0 Å². The molecule has 0 aromatic rings. The van der Waals surface area contributed by atoms with Crippen LogP contribution in [0.25, 0.3) is 0 Å². The van der Waals surface area contributed by atoms with Crippen LogP contribution in [0.2, 0.25) is 0 Å². The van der Waals surface area contributed by atoms with Crippen LogP contribution in [-0.4, -0.2) is 24.5 Å². The van der Waals surface area contributed by atoms with Crippen LogP contribution < -0.4 is 5.32 Å². The zero-order valence-electron chi connectivity index (χ0n) is 10.0. The van der Waals surface area contributed by atoms with E-state index in [9.17, 15) is 9.59 Å². The van der Waals surface area contributed by atoms with Crippen molar-refractivity contribution in [1.29, 1.82) is 5.26 Å². The maximum absolute atomic E-state index is 11.5. The summed E-state index contributed by atoms with van der Waals surface area (Å²) in [5, 5.41) is 10.8. The topological polar surface area (TPSA) is 79.2 Å². The van der Waals surface area contributed by atoms with E-state index in [1.165, 1.54) is 19.1 Å². The van der Waals surface area contributed by atoms with Crippen molar-refractivity contribution in [2.45, 2.75) is 26.3 Å². The first-order valence-electron chi connectivity index (χ1n) is 5.19. The van der Waals surface area contributed by atoms with Gasteiger partial charge in [-0.1, -0.05) is 12.2 Å². The number of amides is 1. The van der Waals surface area contributed by atoms with Gasteiger partial charge in [0.05, 0.1) is 12.7 Å². The van der Waals surface area contributed by atoms with Gasteiger partial charge in [0.25, 0.3) is 0 Å². The zero-order chi connectivity index (χ0) is 13.3. The largest absolute Gasteiger partial charge is 0.464 e. The summed E-state index contributed by atoms with van der Waals surface area (Å²) in [5.74, 6) is -0.825. The SMILES string of the molecule is C=C(/C=C/C#N)CC(NC(C)=O)C(=O)OCC. The Balaban J connectivity index is 4.54. The highest BCUT2D eigenvalue weighted by atomic mass is 16.5. The summed E-state index contributed by atoms with van der Waals surface area (Å²) in [6, 6.07) is 1.06. The number of allylic oxidation sites excluding steroid dienone is 2. The summed E-state index contributed by atoms with van der Waals surface area (Å²) < 4.78 is 4.83. The second-order valence-electron chi connectivity index (χ2n) is 3.33. The number of ether oxygens (including phenoxy) is 1. The van der Waals surface area contributed by atoms with Gasteiger partial charge in [-0.15, -0.1) is 0 Å². The van der Waals surface area contributed by atoms with E-state index < -0.39 is 12.0 Å². The number of hydrogen-bond donors (Lipinski definition) is 1. The zero-order valence-corrected chi connectivity index (χ0v) is 10.0. The lowest BCUT2D eigenvalue weighted by Crippen LogP contribution is -2.40. The van der Waals surface area contributed by atoms with Crippen LogP contribution in [0.3, 0.4) is 0 Å². The number of carbonyl (C=O) groups excluding carboxylic acids is 2. The highest BCUT2D eigenvalue weighted by Crippen LogP contribution is 2.06. The molecule has 0 aliphatic carbocycles. The molecule has 1 unspecified atom stereocenters. The predicted octanol–water partition coefficient (Wildman–Crippen LogP) is 1.08. The number of hydrogen-bond acceptors (Lipinski definition) is 4. The first-order valence-corrected chi connectivity index (χ1v) is 5.19. The first-order chi connectivity index (χ1) is 8.01. The van der Waals surface area contributed by atoms with E-state index >= 15 is 0 Å². The molecule has 0 aromatic heterocycles. The summed E-state index contributed by atoms with van der Waals surface area (Å²) in [4.78, 5) is 22.5. The standard InChI is InChI=1S/C12H16N2O3/c1-4-17-12(16)11(14-10(3)15)8-9(2)6-5-7-13/h5-6,11H,2,4,8H2,1,3H3,(H,14,15)/b6-5+. The Kier molecular flexibility index (Phi) is 7.11. The molecular weight excluding hydrogens is 220 g/mol. The molecule has 0 saturated carbocycles. The van der Waals surface area contributed by atoms with Crippen molar-refractivity contribution < 1.29 is 14.3 Å². The molecule has 5 nitrogen and oxygen atoms in total. The number of nitriles is 1. The summed E-state index contributed by atoms with van der Waals surface area (Å²) in [7, 11) is 0. The third-order valence-electron chi connectivity index (χ3n) is 1.81. The Labute approximate surface area is 101 Å². The van der Waals surface area contributed by atoms with Crippen molar-refractivity contribution >= 4 is 11.9 Å². The van der Waals surface area contributed by atoms with Crippen LogP contribution >= 0.6 is 0 Å². The molecule has 1 amide bonds. The molecule has 1 atom stereocenters. The van der Waals surface area contributed by atoms with E-state index in [1.807, 2.05) is 6.07 Å². The Bertz CT molecular complexity index is 366. The fourth-order valence-electron chi connectivity index (χ4n) is 1.17. The number of esters is 1. The van der Waals surface area contributed by atoms with Crippen LogP contribution in [0.1, 0.15) is 20.3 Å². The average molecular weight is 236 g/mol. The summed E-state index contributed by atoms with van der Waals surface area (Å²) in [6.07, 6.45) is 2.98. The van der Waals surface area contributed by atoms with Gasteiger partial charge in [-0.3, -0.25) is 4.79 Å². The van der Waals surface area contributed by atoms with Crippen molar-refractivity contribution in [3.05, 3.63) is 24.3 Å². The highest BCUT2D eigenvalue weighted by molar-refractivity contribution is 5.83. The third kappa shape index (κ3) is 6.90. The number of nitrogens with one attached hydrogen (secondary N) is 1.